The van der Waals surface area contributed by atoms with Crippen molar-refractivity contribution in [3.05, 3.63) is 51.7 Å². The van der Waals surface area contributed by atoms with Crippen molar-refractivity contribution in [2.45, 2.75) is 6.42 Å². The number of nitrogens with zero attached hydrogens (tertiary/aromatic N) is 1. The average molecular weight is 368 g/mol. The third-order valence-electron chi connectivity index (χ3n) is 3.31. The number of rotatable bonds is 2. The summed E-state index contributed by atoms with van der Waals surface area (Å²) in [6, 6.07) is 9.48. The number of fused-ring (bicyclic) bond motifs is 1. The molecular formula is C15H12BrClN2O2. The molecule has 0 aliphatic carbocycles. The molecule has 1 amide bonds. The summed E-state index contributed by atoms with van der Waals surface area (Å²) < 4.78 is 6.39. The van der Waals surface area contributed by atoms with E-state index in [-0.39, 0.29) is 17.0 Å². The number of ether oxygens (including phenoxy) is 1. The Morgan fingerprint density at radius 2 is 2.24 bits per heavy atom. The molecule has 3 rings (SSSR count). The predicted octanol–water partition coefficient (Wildman–Crippen LogP) is 3.69. The number of carbonyl (C=O) groups excluding carboxylic acids is 1. The van der Waals surface area contributed by atoms with Gasteiger partial charge in [-0.15, -0.1) is 0 Å². The molecule has 1 N–H and O–H groups in total. The topological polar surface area (TPSA) is 51.2 Å². The highest BCUT2D eigenvalue weighted by Gasteiger charge is 2.26. The van der Waals surface area contributed by atoms with E-state index in [4.69, 9.17) is 16.3 Å². The summed E-state index contributed by atoms with van der Waals surface area (Å²) in [6.07, 6.45) is 2.24. The van der Waals surface area contributed by atoms with Crippen LogP contribution in [0.25, 0.3) is 0 Å². The van der Waals surface area contributed by atoms with Crippen LogP contribution in [0, 0.1) is 5.92 Å². The molecule has 1 unspecified atom stereocenters. The molecule has 0 fully saturated rings. The lowest BCUT2D eigenvalue weighted by Crippen LogP contribution is -2.32. The van der Waals surface area contributed by atoms with Crippen LogP contribution in [-0.4, -0.2) is 17.5 Å². The molecule has 4 nitrogen and oxygen atoms in total. The van der Waals surface area contributed by atoms with E-state index in [2.05, 4.69) is 26.2 Å². The van der Waals surface area contributed by atoms with Crippen LogP contribution in [-0.2, 0) is 11.2 Å². The van der Waals surface area contributed by atoms with E-state index < -0.39 is 0 Å². The first kappa shape index (κ1) is 14.4. The summed E-state index contributed by atoms with van der Waals surface area (Å²) in [5.41, 5.74) is 1.54. The minimum atomic E-state index is -0.241. The number of carbonyl (C=O) groups is 1. The van der Waals surface area contributed by atoms with E-state index in [0.717, 1.165) is 15.8 Å². The molecule has 0 radical (unpaired) electrons. The highest BCUT2D eigenvalue weighted by molar-refractivity contribution is 9.10. The number of para-hydroxylation sites is 1. The van der Waals surface area contributed by atoms with Crippen LogP contribution < -0.4 is 10.1 Å². The fourth-order valence-electron chi connectivity index (χ4n) is 2.24. The Bertz CT molecular complexity index is 693. The number of pyridine rings is 1. The minimum absolute atomic E-state index is 0.119. The van der Waals surface area contributed by atoms with Gasteiger partial charge in [0.1, 0.15) is 12.4 Å². The second kappa shape index (κ2) is 6.03. The zero-order chi connectivity index (χ0) is 14.8. The predicted molar refractivity (Wildman–Crippen MR) is 84.7 cm³/mol. The van der Waals surface area contributed by atoms with Crippen molar-refractivity contribution in [1.29, 1.82) is 0 Å². The maximum Gasteiger partial charge on any atom is 0.231 e. The van der Waals surface area contributed by atoms with Gasteiger partial charge >= 0.3 is 0 Å². The molecule has 2 heterocycles. The summed E-state index contributed by atoms with van der Waals surface area (Å²) in [6.45, 7) is 0.363. The number of hydrogen-bond donors (Lipinski definition) is 1. The number of aromatic nitrogens is 1. The minimum Gasteiger partial charge on any atom is -0.492 e. The van der Waals surface area contributed by atoms with Crippen LogP contribution in [0.5, 0.6) is 5.75 Å². The largest absolute Gasteiger partial charge is 0.492 e. The van der Waals surface area contributed by atoms with E-state index in [0.29, 0.717) is 18.7 Å². The van der Waals surface area contributed by atoms with Crippen molar-refractivity contribution in [2.75, 3.05) is 11.9 Å². The van der Waals surface area contributed by atoms with Crippen molar-refractivity contribution in [2.24, 2.45) is 5.92 Å². The van der Waals surface area contributed by atoms with Gasteiger partial charge < -0.3 is 10.1 Å². The molecule has 0 bridgehead atoms. The van der Waals surface area contributed by atoms with E-state index >= 15 is 0 Å². The van der Waals surface area contributed by atoms with Gasteiger partial charge in [-0.2, -0.15) is 0 Å². The summed E-state index contributed by atoms with van der Waals surface area (Å²) >= 11 is 9.29. The Hall–Kier alpha value is -1.59. The Morgan fingerprint density at radius 3 is 3.10 bits per heavy atom. The second-order valence-corrected chi connectivity index (χ2v) is 6.07. The van der Waals surface area contributed by atoms with Crippen molar-refractivity contribution >= 4 is 39.1 Å². The third kappa shape index (κ3) is 3.19. The number of hydrogen-bond acceptors (Lipinski definition) is 3. The molecule has 0 saturated heterocycles. The number of halogens is 2. The maximum atomic E-state index is 12.3. The van der Waals surface area contributed by atoms with Crippen LogP contribution in [0.1, 0.15) is 5.56 Å². The molecule has 21 heavy (non-hydrogen) atoms. The van der Waals surface area contributed by atoms with Gasteiger partial charge in [-0.05, 0) is 40.0 Å². The number of amides is 1. The Labute approximate surface area is 135 Å². The average Bonchev–Trinajstić information content (AvgIpc) is 2.50. The van der Waals surface area contributed by atoms with Gasteiger partial charge in [0.05, 0.1) is 11.6 Å². The van der Waals surface area contributed by atoms with Crippen LogP contribution >= 0.6 is 27.5 Å². The van der Waals surface area contributed by atoms with Gasteiger partial charge in [-0.25, -0.2) is 4.98 Å². The third-order valence-corrected chi connectivity index (χ3v) is 4.05. The highest BCUT2D eigenvalue weighted by atomic mass is 79.9. The van der Waals surface area contributed by atoms with E-state index in [9.17, 15) is 4.79 Å². The Balaban J connectivity index is 1.74. The molecule has 1 aliphatic heterocycles. The molecule has 1 aromatic carbocycles. The van der Waals surface area contributed by atoms with Gasteiger partial charge in [0.25, 0.3) is 0 Å². The van der Waals surface area contributed by atoms with Crippen LogP contribution in [0.15, 0.2) is 41.0 Å². The zero-order valence-corrected chi connectivity index (χ0v) is 13.3. The molecule has 1 aliphatic rings. The fraction of sp³-hybridized carbons (Fsp3) is 0.200. The Morgan fingerprint density at radius 1 is 1.43 bits per heavy atom. The SMILES string of the molecule is O=C(Nc1cc(Br)cnc1Cl)C1COc2ccccc2C1. The van der Waals surface area contributed by atoms with Gasteiger partial charge in [0.2, 0.25) is 5.91 Å². The monoisotopic (exact) mass is 366 g/mol. The van der Waals surface area contributed by atoms with Crippen molar-refractivity contribution < 1.29 is 9.53 Å². The van der Waals surface area contributed by atoms with E-state index in [1.165, 1.54) is 0 Å². The first-order valence-corrected chi connectivity index (χ1v) is 7.63. The van der Waals surface area contributed by atoms with Gasteiger partial charge in [0.15, 0.2) is 5.15 Å². The molecule has 6 heteroatoms. The molecule has 1 atom stereocenters. The lowest BCUT2D eigenvalue weighted by Gasteiger charge is -2.24. The smallest absolute Gasteiger partial charge is 0.231 e. The number of benzene rings is 1. The standard InChI is InChI=1S/C15H12BrClN2O2/c16-11-6-12(14(17)18-7-11)19-15(20)10-5-9-3-1-2-4-13(9)21-8-10/h1-4,6-7,10H,5,8H2,(H,19,20). The fourth-order valence-corrected chi connectivity index (χ4v) is 2.72. The quantitative estimate of drug-likeness (QED) is 0.824. The van der Waals surface area contributed by atoms with Crippen LogP contribution in [0.4, 0.5) is 5.69 Å². The number of nitrogens with one attached hydrogen (secondary N) is 1. The van der Waals surface area contributed by atoms with Crippen molar-refractivity contribution in [3.8, 4) is 5.75 Å². The van der Waals surface area contributed by atoms with E-state index in [1.807, 2.05) is 24.3 Å². The lowest BCUT2D eigenvalue weighted by atomic mass is 9.96. The lowest BCUT2D eigenvalue weighted by molar-refractivity contribution is -0.121. The molecule has 2 aromatic rings. The van der Waals surface area contributed by atoms with Gasteiger partial charge in [-0.1, -0.05) is 29.8 Å². The number of anilines is 1. The maximum absolute atomic E-state index is 12.3. The van der Waals surface area contributed by atoms with Crippen LogP contribution in [0.3, 0.4) is 0 Å². The first-order chi connectivity index (χ1) is 10.1. The molecule has 1 aromatic heterocycles. The van der Waals surface area contributed by atoms with Gasteiger partial charge in [0, 0.05) is 10.7 Å². The first-order valence-electron chi connectivity index (χ1n) is 6.46. The summed E-state index contributed by atoms with van der Waals surface area (Å²) in [5.74, 6) is 0.491. The molecule has 108 valence electrons. The molecule has 0 spiro atoms. The van der Waals surface area contributed by atoms with Gasteiger partial charge in [-0.3, -0.25) is 4.79 Å². The summed E-state index contributed by atoms with van der Waals surface area (Å²) in [4.78, 5) is 16.3. The van der Waals surface area contributed by atoms with Crippen molar-refractivity contribution in [3.63, 3.8) is 0 Å². The van der Waals surface area contributed by atoms with Crippen LogP contribution in [0.2, 0.25) is 5.15 Å². The van der Waals surface area contributed by atoms with Crippen molar-refractivity contribution in [1.82, 2.24) is 4.98 Å². The second-order valence-electron chi connectivity index (χ2n) is 4.80. The Kier molecular flexibility index (Phi) is 4.12. The van der Waals surface area contributed by atoms with E-state index in [1.54, 1.807) is 12.3 Å². The zero-order valence-electron chi connectivity index (χ0n) is 11.0. The highest BCUT2D eigenvalue weighted by Crippen LogP contribution is 2.28. The summed E-state index contributed by atoms with van der Waals surface area (Å²) in [5, 5.41) is 3.08. The molecule has 0 saturated carbocycles. The normalized spacial score (nSPS) is 16.8. The molecular weight excluding hydrogens is 356 g/mol. The summed E-state index contributed by atoms with van der Waals surface area (Å²) in [7, 11) is 0.